The highest BCUT2D eigenvalue weighted by Gasteiger charge is 2.30. The van der Waals surface area contributed by atoms with E-state index in [-0.39, 0.29) is 17.9 Å². The number of nitrogens with one attached hydrogen (secondary N) is 1. The lowest BCUT2D eigenvalue weighted by Crippen LogP contribution is -2.41. The van der Waals surface area contributed by atoms with E-state index in [1.165, 1.54) is 6.07 Å². The highest BCUT2D eigenvalue weighted by molar-refractivity contribution is 5.82. The minimum Gasteiger partial charge on any atom is -0.491 e. The number of nitrogens with zero attached hydrogens (tertiary/aromatic N) is 3. The Hall–Kier alpha value is -3.42. The van der Waals surface area contributed by atoms with Crippen LogP contribution < -0.4 is 5.32 Å². The second-order valence-electron chi connectivity index (χ2n) is 10.2. The summed E-state index contributed by atoms with van der Waals surface area (Å²) < 4.78 is 28.2. The maximum atomic E-state index is 14.9. The van der Waals surface area contributed by atoms with Gasteiger partial charge in [-0.25, -0.2) is 14.2 Å². The lowest BCUT2D eigenvalue weighted by atomic mass is 9.90. The molecule has 0 spiro atoms. The average molecular weight is 479 g/mol. The van der Waals surface area contributed by atoms with Crippen LogP contribution in [0, 0.1) is 5.82 Å². The van der Waals surface area contributed by atoms with Crippen molar-refractivity contribution in [2.75, 3.05) is 6.61 Å². The number of fused-ring (bicyclic) bond motifs is 1. The van der Waals surface area contributed by atoms with E-state index in [9.17, 15) is 9.18 Å². The van der Waals surface area contributed by atoms with Gasteiger partial charge in [0.1, 0.15) is 34.2 Å². The number of pyridine rings is 1. The normalized spacial score (nSPS) is 20.4. The number of benzene rings is 1. The van der Waals surface area contributed by atoms with Crippen molar-refractivity contribution in [3.8, 4) is 11.4 Å². The molecular formula is C27H31FN4O3. The van der Waals surface area contributed by atoms with E-state index >= 15 is 0 Å². The van der Waals surface area contributed by atoms with Crippen molar-refractivity contribution in [2.24, 2.45) is 0 Å². The highest BCUT2D eigenvalue weighted by atomic mass is 19.1. The van der Waals surface area contributed by atoms with Crippen LogP contribution in [0.1, 0.15) is 64.6 Å². The number of imidazole rings is 1. The molecule has 35 heavy (non-hydrogen) atoms. The SMILES string of the molecule is CC(C)(C)OC(=O)N[C@H]1CCC[C@@H](n2c(-c3ccccc3F)nc3cnc(C4=CCCO4)cc32)C1. The number of hydrogen-bond acceptors (Lipinski definition) is 5. The Morgan fingerprint density at radius 1 is 1.26 bits per heavy atom. The summed E-state index contributed by atoms with van der Waals surface area (Å²) in [7, 11) is 0. The van der Waals surface area contributed by atoms with Crippen LogP contribution in [0.15, 0.2) is 42.6 Å². The summed E-state index contributed by atoms with van der Waals surface area (Å²) >= 11 is 0. The summed E-state index contributed by atoms with van der Waals surface area (Å²) in [6.07, 6.45) is 7.60. The minimum absolute atomic E-state index is 0.0250. The number of aromatic nitrogens is 3. The number of alkyl carbamates (subject to hydrolysis) is 1. The van der Waals surface area contributed by atoms with Gasteiger partial charge in [-0.3, -0.25) is 4.98 Å². The van der Waals surface area contributed by atoms with Gasteiger partial charge in [0.25, 0.3) is 0 Å². The minimum atomic E-state index is -0.558. The van der Waals surface area contributed by atoms with Gasteiger partial charge >= 0.3 is 6.09 Å². The Balaban J connectivity index is 1.54. The van der Waals surface area contributed by atoms with Crippen molar-refractivity contribution in [1.29, 1.82) is 0 Å². The zero-order chi connectivity index (χ0) is 24.6. The van der Waals surface area contributed by atoms with Crippen LogP contribution >= 0.6 is 0 Å². The van der Waals surface area contributed by atoms with Crippen molar-refractivity contribution in [2.45, 2.75) is 70.6 Å². The van der Waals surface area contributed by atoms with Gasteiger partial charge in [-0.2, -0.15) is 0 Å². The summed E-state index contributed by atoms with van der Waals surface area (Å²) in [5, 5.41) is 3.03. The van der Waals surface area contributed by atoms with Crippen LogP contribution in [0.25, 0.3) is 28.2 Å². The number of carbonyl (C=O) groups is 1. The molecule has 0 bridgehead atoms. The molecule has 1 N–H and O–H groups in total. The highest BCUT2D eigenvalue weighted by Crippen LogP contribution is 2.37. The molecule has 2 atom stereocenters. The first-order chi connectivity index (χ1) is 16.8. The second-order valence-corrected chi connectivity index (χ2v) is 10.2. The average Bonchev–Trinajstić information content (AvgIpc) is 3.46. The summed E-state index contributed by atoms with van der Waals surface area (Å²) in [4.78, 5) is 21.8. The molecule has 2 aliphatic rings. The predicted octanol–water partition coefficient (Wildman–Crippen LogP) is 6.01. The van der Waals surface area contributed by atoms with Crippen LogP contribution in [-0.4, -0.2) is 38.9 Å². The maximum absolute atomic E-state index is 14.9. The zero-order valence-electron chi connectivity index (χ0n) is 20.4. The van der Waals surface area contributed by atoms with Gasteiger partial charge in [0, 0.05) is 18.5 Å². The smallest absolute Gasteiger partial charge is 0.407 e. The fraction of sp³-hybridized carbons (Fsp3) is 0.444. The molecule has 184 valence electrons. The number of ether oxygens (including phenoxy) is 2. The van der Waals surface area contributed by atoms with Gasteiger partial charge in [-0.05, 0) is 70.7 Å². The van der Waals surface area contributed by atoms with E-state index in [1.54, 1.807) is 18.3 Å². The molecule has 1 aliphatic carbocycles. The van der Waals surface area contributed by atoms with Crippen LogP contribution in [0.4, 0.5) is 9.18 Å². The first-order valence-corrected chi connectivity index (χ1v) is 12.2. The van der Waals surface area contributed by atoms with Crippen molar-refractivity contribution < 1.29 is 18.7 Å². The number of halogens is 1. The van der Waals surface area contributed by atoms with E-state index < -0.39 is 11.7 Å². The molecule has 1 saturated carbocycles. The lowest BCUT2D eigenvalue weighted by molar-refractivity contribution is 0.0486. The Morgan fingerprint density at radius 2 is 2.09 bits per heavy atom. The Labute approximate surface area is 204 Å². The largest absolute Gasteiger partial charge is 0.491 e. The third-order valence-corrected chi connectivity index (χ3v) is 6.38. The molecule has 1 aliphatic heterocycles. The fourth-order valence-corrected chi connectivity index (χ4v) is 4.94. The molecule has 1 fully saturated rings. The molecule has 3 aromatic rings. The van der Waals surface area contributed by atoms with Crippen LogP contribution in [0.2, 0.25) is 0 Å². The van der Waals surface area contributed by atoms with Crippen LogP contribution in [0.3, 0.4) is 0 Å². The summed E-state index contributed by atoms with van der Waals surface area (Å²) in [6, 6.07) is 8.66. The number of amides is 1. The quantitative estimate of drug-likeness (QED) is 0.497. The topological polar surface area (TPSA) is 78.3 Å². The third-order valence-electron chi connectivity index (χ3n) is 6.38. The summed E-state index contributed by atoms with van der Waals surface area (Å²) in [5.41, 5.74) is 2.22. The van der Waals surface area contributed by atoms with Crippen molar-refractivity contribution in [3.63, 3.8) is 0 Å². The van der Waals surface area contributed by atoms with Crippen molar-refractivity contribution >= 4 is 22.9 Å². The van der Waals surface area contributed by atoms with Crippen LogP contribution in [0.5, 0.6) is 0 Å². The molecule has 1 amide bonds. The van der Waals surface area contributed by atoms with E-state index in [1.807, 2.05) is 39.0 Å². The van der Waals surface area contributed by atoms with Gasteiger partial charge in [0.15, 0.2) is 0 Å². The van der Waals surface area contributed by atoms with Crippen LogP contribution in [-0.2, 0) is 9.47 Å². The molecule has 3 heterocycles. The van der Waals surface area contributed by atoms with Gasteiger partial charge in [0.2, 0.25) is 0 Å². The molecule has 5 rings (SSSR count). The molecule has 0 unspecified atom stereocenters. The van der Waals surface area contributed by atoms with Crippen molar-refractivity contribution in [3.05, 3.63) is 54.1 Å². The van der Waals surface area contributed by atoms with Gasteiger partial charge in [-0.1, -0.05) is 12.1 Å². The monoisotopic (exact) mass is 478 g/mol. The van der Waals surface area contributed by atoms with Crippen molar-refractivity contribution in [1.82, 2.24) is 19.9 Å². The van der Waals surface area contributed by atoms with Gasteiger partial charge in [0.05, 0.1) is 23.9 Å². The molecule has 1 aromatic carbocycles. The van der Waals surface area contributed by atoms with E-state index in [0.29, 0.717) is 29.9 Å². The molecular weight excluding hydrogens is 447 g/mol. The Kier molecular flexibility index (Phi) is 6.21. The Morgan fingerprint density at radius 3 is 2.83 bits per heavy atom. The Bertz CT molecular complexity index is 1280. The van der Waals surface area contributed by atoms with Gasteiger partial charge < -0.3 is 19.4 Å². The fourth-order valence-electron chi connectivity index (χ4n) is 4.94. The molecule has 2 aromatic heterocycles. The molecule has 0 radical (unpaired) electrons. The maximum Gasteiger partial charge on any atom is 0.407 e. The predicted molar refractivity (Wildman–Crippen MR) is 132 cm³/mol. The third kappa shape index (κ3) is 5.01. The standard InChI is InChI=1S/C27H31FN4O3/c1-27(2,3)35-26(33)30-17-8-6-9-18(14-17)32-23-15-21(24-12-7-13-34-24)29-16-22(23)31-25(32)19-10-4-5-11-20(19)28/h4-5,10-12,15-18H,6-9,13-14H2,1-3H3,(H,30,33)/t17-,18+/m0/s1. The number of hydrogen-bond donors (Lipinski definition) is 1. The zero-order valence-corrected chi connectivity index (χ0v) is 20.4. The molecule has 0 saturated heterocycles. The van der Waals surface area contributed by atoms with E-state index in [0.717, 1.165) is 42.7 Å². The summed E-state index contributed by atoms with van der Waals surface area (Å²) in [5.74, 6) is 1.01. The number of rotatable bonds is 4. The summed E-state index contributed by atoms with van der Waals surface area (Å²) in [6.45, 7) is 6.20. The first kappa shape index (κ1) is 23.3. The lowest BCUT2D eigenvalue weighted by Gasteiger charge is -2.32. The van der Waals surface area contributed by atoms with E-state index in [4.69, 9.17) is 14.5 Å². The molecule has 8 heteroatoms. The number of carbonyl (C=O) groups excluding carboxylic acids is 1. The first-order valence-electron chi connectivity index (χ1n) is 12.2. The van der Waals surface area contributed by atoms with Gasteiger partial charge in [-0.15, -0.1) is 0 Å². The molecule has 7 nitrogen and oxygen atoms in total. The van der Waals surface area contributed by atoms with E-state index in [2.05, 4.69) is 14.9 Å². The second kappa shape index (κ2) is 9.32.